The van der Waals surface area contributed by atoms with Crippen molar-refractivity contribution in [3.63, 3.8) is 0 Å². The second-order valence-electron chi connectivity index (χ2n) is 7.33. The van der Waals surface area contributed by atoms with Gasteiger partial charge in [-0.05, 0) is 30.5 Å². The van der Waals surface area contributed by atoms with Crippen LogP contribution >= 0.6 is 0 Å². The number of para-hydroxylation sites is 2. The number of rotatable bonds is 2. The Bertz CT molecular complexity index is 858. The maximum Gasteiger partial charge on any atom is 0.323 e. The Morgan fingerprint density at radius 1 is 0.926 bits per heavy atom. The Kier molecular flexibility index (Phi) is 4.84. The molecule has 5 nitrogen and oxygen atoms in total. The molecule has 1 fully saturated rings. The van der Waals surface area contributed by atoms with Crippen LogP contribution in [0.5, 0.6) is 0 Å². The van der Waals surface area contributed by atoms with Crippen molar-refractivity contribution in [2.75, 3.05) is 4.90 Å². The molecular formula is C22H24N2O3. The summed E-state index contributed by atoms with van der Waals surface area (Å²) >= 11 is 0. The van der Waals surface area contributed by atoms with Crippen LogP contribution in [0.1, 0.15) is 49.3 Å². The fourth-order valence-corrected chi connectivity index (χ4v) is 4.22. The van der Waals surface area contributed by atoms with E-state index in [9.17, 15) is 9.59 Å². The Morgan fingerprint density at radius 2 is 1.59 bits per heavy atom. The SMILES string of the molecule is NC(=O)N1c2ccccc2C[C@@H](OC(=O)C2CCCCC2)c2ccccc21. The molecule has 1 heterocycles. The number of benzene rings is 2. The fraction of sp³-hybridized carbons (Fsp3) is 0.364. The van der Waals surface area contributed by atoms with E-state index in [1.807, 2.05) is 48.5 Å². The molecule has 140 valence electrons. The fourth-order valence-electron chi connectivity index (χ4n) is 4.22. The zero-order chi connectivity index (χ0) is 18.8. The summed E-state index contributed by atoms with van der Waals surface area (Å²) in [6.07, 6.45) is 5.25. The smallest absolute Gasteiger partial charge is 0.323 e. The number of primary amides is 1. The highest BCUT2D eigenvalue weighted by Crippen LogP contribution is 2.42. The summed E-state index contributed by atoms with van der Waals surface area (Å²) in [5.41, 5.74) is 8.89. The molecule has 0 saturated heterocycles. The highest BCUT2D eigenvalue weighted by Gasteiger charge is 2.33. The second-order valence-corrected chi connectivity index (χ2v) is 7.33. The summed E-state index contributed by atoms with van der Waals surface area (Å²) in [5, 5.41) is 0. The number of hydrogen-bond acceptors (Lipinski definition) is 3. The summed E-state index contributed by atoms with van der Waals surface area (Å²) < 4.78 is 6.00. The molecule has 2 N–H and O–H groups in total. The van der Waals surface area contributed by atoms with E-state index in [4.69, 9.17) is 10.5 Å². The largest absolute Gasteiger partial charge is 0.457 e. The minimum atomic E-state index is -0.547. The monoisotopic (exact) mass is 364 g/mol. The lowest BCUT2D eigenvalue weighted by molar-refractivity contribution is -0.155. The van der Waals surface area contributed by atoms with Crippen LogP contribution in [0.3, 0.4) is 0 Å². The maximum atomic E-state index is 12.8. The van der Waals surface area contributed by atoms with Crippen LogP contribution in [0, 0.1) is 5.92 Å². The first-order chi connectivity index (χ1) is 13.1. The van der Waals surface area contributed by atoms with E-state index in [1.54, 1.807) is 0 Å². The molecule has 0 radical (unpaired) electrons. The van der Waals surface area contributed by atoms with E-state index < -0.39 is 12.1 Å². The predicted molar refractivity (Wildman–Crippen MR) is 104 cm³/mol. The van der Waals surface area contributed by atoms with Gasteiger partial charge >= 0.3 is 12.0 Å². The number of nitrogens with zero attached hydrogens (tertiary/aromatic N) is 1. The first kappa shape index (κ1) is 17.6. The van der Waals surface area contributed by atoms with Gasteiger partial charge in [0.25, 0.3) is 0 Å². The van der Waals surface area contributed by atoms with E-state index >= 15 is 0 Å². The van der Waals surface area contributed by atoms with Gasteiger partial charge in [0.1, 0.15) is 6.10 Å². The van der Waals surface area contributed by atoms with Crippen molar-refractivity contribution in [2.45, 2.75) is 44.6 Å². The summed E-state index contributed by atoms with van der Waals surface area (Å²) in [7, 11) is 0. The van der Waals surface area contributed by atoms with Crippen LogP contribution in [0.25, 0.3) is 0 Å². The molecular weight excluding hydrogens is 340 g/mol. The summed E-state index contributed by atoms with van der Waals surface area (Å²) in [6, 6.07) is 14.6. The number of nitrogens with two attached hydrogens (primary N) is 1. The molecule has 4 rings (SSSR count). The Morgan fingerprint density at radius 3 is 2.33 bits per heavy atom. The average Bonchev–Trinajstić information content (AvgIpc) is 2.83. The number of carbonyl (C=O) groups excluding carboxylic acids is 2. The number of ether oxygens (including phenoxy) is 1. The first-order valence-corrected chi connectivity index (χ1v) is 9.62. The molecule has 1 saturated carbocycles. The standard InChI is InChI=1S/C22H24N2O3/c23-22(26)24-18-12-6-4-10-16(18)14-20(17-11-5-7-13-19(17)24)27-21(25)15-8-2-1-3-9-15/h4-7,10-13,15,20H,1-3,8-9,14H2,(H2,23,26)/t20-/m1/s1. The van der Waals surface area contributed by atoms with Crippen molar-refractivity contribution in [3.05, 3.63) is 59.7 Å². The molecule has 2 aromatic carbocycles. The first-order valence-electron chi connectivity index (χ1n) is 9.62. The minimum absolute atomic E-state index is 0.0170. The molecule has 2 aliphatic rings. The number of fused-ring (bicyclic) bond motifs is 2. The number of anilines is 2. The average molecular weight is 364 g/mol. The van der Waals surface area contributed by atoms with Gasteiger partial charge in [0.05, 0.1) is 17.3 Å². The molecule has 1 atom stereocenters. The summed E-state index contributed by atoms with van der Waals surface area (Å²) in [5.74, 6) is -0.142. The van der Waals surface area contributed by atoms with Crippen molar-refractivity contribution in [3.8, 4) is 0 Å². The Hall–Kier alpha value is -2.82. The quantitative estimate of drug-likeness (QED) is 0.790. The number of esters is 1. The van der Waals surface area contributed by atoms with Gasteiger partial charge in [-0.15, -0.1) is 0 Å². The third kappa shape index (κ3) is 3.42. The van der Waals surface area contributed by atoms with Gasteiger partial charge in [0.15, 0.2) is 0 Å². The minimum Gasteiger partial charge on any atom is -0.457 e. The molecule has 2 aromatic rings. The zero-order valence-electron chi connectivity index (χ0n) is 15.3. The van der Waals surface area contributed by atoms with E-state index in [-0.39, 0.29) is 11.9 Å². The van der Waals surface area contributed by atoms with Crippen LogP contribution in [0.15, 0.2) is 48.5 Å². The number of amides is 2. The molecule has 0 bridgehead atoms. The predicted octanol–water partition coefficient (Wildman–Crippen LogP) is 4.62. The van der Waals surface area contributed by atoms with Crippen LogP contribution in [-0.2, 0) is 16.0 Å². The lowest BCUT2D eigenvalue weighted by Gasteiger charge is -2.25. The van der Waals surface area contributed by atoms with Crippen LogP contribution in [0.4, 0.5) is 16.2 Å². The van der Waals surface area contributed by atoms with E-state index in [0.29, 0.717) is 12.1 Å². The van der Waals surface area contributed by atoms with Crippen molar-refractivity contribution >= 4 is 23.4 Å². The summed E-state index contributed by atoms with van der Waals surface area (Å²) in [4.78, 5) is 26.6. The van der Waals surface area contributed by atoms with Gasteiger partial charge in [0.2, 0.25) is 0 Å². The molecule has 0 spiro atoms. The molecule has 0 aromatic heterocycles. The van der Waals surface area contributed by atoms with E-state index in [1.165, 1.54) is 11.3 Å². The highest BCUT2D eigenvalue weighted by atomic mass is 16.5. The van der Waals surface area contributed by atoms with Gasteiger partial charge in [-0.25, -0.2) is 4.79 Å². The van der Waals surface area contributed by atoms with E-state index in [2.05, 4.69) is 0 Å². The van der Waals surface area contributed by atoms with Crippen LogP contribution in [0.2, 0.25) is 0 Å². The van der Waals surface area contributed by atoms with Crippen molar-refractivity contribution in [2.24, 2.45) is 11.7 Å². The van der Waals surface area contributed by atoms with Gasteiger partial charge < -0.3 is 10.5 Å². The van der Waals surface area contributed by atoms with Crippen LogP contribution in [-0.4, -0.2) is 12.0 Å². The third-order valence-corrected chi connectivity index (χ3v) is 5.58. The third-order valence-electron chi connectivity index (χ3n) is 5.58. The van der Waals surface area contributed by atoms with E-state index in [0.717, 1.165) is 42.5 Å². The van der Waals surface area contributed by atoms with Crippen molar-refractivity contribution in [1.82, 2.24) is 0 Å². The molecule has 27 heavy (non-hydrogen) atoms. The maximum absolute atomic E-state index is 12.8. The molecule has 0 unspecified atom stereocenters. The van der Waals surface area contributed by atoms with Crippen LogP contribution < -0.4 is 10.6 Å². The van der Waals surface area contributed by atoms with Crippen molar-refractivity contribution < 1.29 is 14.3 Å². The topological polar surface area (TPSA) is 72.6 Å². The number of carbonyl (C=O) groups is 2. The molecule has 5 heteroatoms. The second kappa shape index (κ2) is 7.43. The Labute approximate surface area is 159 Å². The lowest BCUT2D eigenvalue weighted by Crippen LogP contribution is -2.32. The normalized spacial score (nSPS) is 19.6. The lowest BCUT2D eigenvalue weighted by atomic mass is 9.89. The highest BCUT2D eigenvalue weighted by molar-refractivity contribution is 6.00. The van der Waals surface area contributed by atoms with Crippen molar-refractivity contribution in [1.29, 1.82) is 0 Å². The number of urea groups is 1. The molecule has 1 aliphatic heterocycles. The Balaban J connectivity index is 1.73. The summed E-state index contributed by atoms with van der Waals surface area (Å²) in [6.45, 7) is 0. The number of hydrogen-bond donors (Lipinski definition) is 1. The molecule has 2 amide bonds. The van der Waals surface area contributed by atoms with Gasteiger partial charge in [0, 0.05) is 12.0 Å². The molecule has 1 aliphatic carbocycles. The zero-order valence-corrected chi connectivity index (χ0v) is 15.3. The van der Waals surface area contributed by atoms with Gasteiger partial charge in [-0.3, -0.25) is 9.69 Å². The van der Waals surface area contributed by atoms with Gasteiger partial charge in [-0.1, -0.05) is 55.7 Å². The van der Waals surface area contributed by atoms with Gasteiger partial charge in [-0.2, -0.15) is 0 Å².